The van der Waals surface area contributed by atoms with E-state index >= 15 is 0 Å². The van der Waals surface area contributed by atoms with Crippen LogP contribution in [0.4, 0.5) is 0 Å². The second-order valence-corrected chi connectivity index (χ2v) is 1.69. The van der Waals surface area contributed by atoms with E-state index in [-0.39, 0.29) is 0 Å². The summed E-state index contributed by atoms with van der Waals surface area (Å²) >= 11 is 0. The number of rotatable bonds is 1. The number of aryl methyl sites for hydroxylation is 1. The van der Waals surface area contributed by atoms with Crippen molar-refractivity contribution in [3.63, 3.8) is 0 Å². The van der Waals surface area contributed by atoms with Crippen molar-refractivity contribution < 1.29 is 0 Å². The van der Waals surface area contributed by atoms with Gasteiger partial charge in [-0.1, -0.05) is 0 Å². The van der Waals surface area contributed by atoms with Crippen molar-refractivity contribution in [2.24, 2.45) is 5.10 Å². The third-order valence-electron chi connectivity index (χ3n) is 1.04. The number of nitrogens with zero attached hydrogens (tertiary/aromatic N) is 3. The molecule has 1 rings (SSSR count). The third kappa shape index (κ3) is 1.16. The van der Waals surface area contributed by atoms with Gasteiger partial charge in [-0.2, -0.15) is 5.10 Å². The molecule has 1 aromatic rings. The maximum atomic E-state index is 4.00. The summed E-state index contributed by atoms with van der Waals surface area (Å²) in [6.45, 7) is 3.78. The van der Waals surface area contributed by atoms with E-state index < -0.39 is 0 Å². The zero-order valence-corrected chi connectivity index (χ0v) is 5.57. The van der Waals surface area contributed by atoms with Crippen molar-refractivity contribution in [1.29, 1.82) is 0 Å². The monoisotopic (exact) mass is 123 g/mol. The van der Waals surface area contributed by atoms with Crippen molar-refractivity contribution in [1.82, 2.24) is 9.66 Å². The van der Waals surface area contributed by atoms with Gasteiger partial charge in [0.05, 0.1) is 0 Å². The molecule has 48 valence electrons. The van der Waals surface area contributed by atoms with E-state index in [1.807, 2.05) is 20.0 Å². The molecular weight excluding hydrogens is 114 g/mol. The lowest BCUT2D eigenvalue weighted by atomic mass is 10.7. The fourth-order valence-corrected chi connectivity index (χ4v) is 0.618. The Morgan fingerprint density at radius 1 is 1.78 bits per heavy atom. The summed E-state index contributed by atoms with van der Waals surface area (Å²) in [5.74, 6) is 0.910. The highest BCUT2D eigenvalue weighted by molar-refractivity contribution is 5.52. The SMILES string of the molecule is C/C=N\n1ccnc1C. The summed E-state index contributed by atoms with van der Waals surface area (Å²) in [5, 5.41) is 4.00. The second-order valence-electron chi connectivity index (χ2n) is 1.69. The average molecular weight is 123 g/mol. The van der Waals surface area contributed by atoms with E-state index in [4.69, 9.17) is 0 Å². The lowest BCUT2D eigenvalue weighted by Gasteiger charge is -1.90. The van der Waals surface area contributed by atoms with Gasteiger partial charge in [0.2, 0.25) is 0 Å². The molecule has 3 nitrogen and oxygen atoms in total. The predicted molar refractivity (Wildman–Crippen MR) is 36.5 cm³/mol. The van der Waals surface area contributed by atoms with Crippen molar-refractivity contribution in [3.05, 3.63) is 18.2 Å². The molecule has 0 bridgehead atoms. The van der Waals surface area contributed by atoms with Gasteiger partial charge >= 0.3 is 0 Å². The highest BCUT2D eigenvalue weighted by Crippen LogP contribution is 1.91. The van der Waals surface area contributed by atoms with Gasteiger partial charge < -0.3 is 0 Å². The standard InChI is InChI=1S/C6H9N3/c1-3-8-9-5-4-7-6(9)2/h3-5H,1-2H3/b8-3-. The highest BCUT2D eigenvalue weighted by Gasteiger charge is 1.88. The van der Waals surface area contributed by atoms with E-state index in [9.17, 15) is 0 Å². The van der Waals surface area contributed by atoms with E-state index in [1.54, 1.807) is 17.1 Å². The van der Waals surface area contributed by atoms with Gasteiger partial charge in [0.15, 0.2) is 0 Å². The third-order valence-corrected chi connectivity index (χ3v) is 1.04. The fraction of sp³-hybridized carbons (Fsp3) is 0.333. The van der Waals surface area contributed by atoms with E-state index in [0.717, 1.165) is 5.82 Å². The van der Waals surface area contributed by atoms with Crippen LogP contribution in [-0.2, 0) is 0 Å². The van der Waals surface area contributed by atoms with Crippen LogP contribution in [0.2, 0.25) is 0 Å². The van der Waals surface area contributed by atoms with Gasteiger partial charge in [-0.3, -0.25) is 0 Å². The maximum absolute atomic E-state index is 4.00. The fourth-order valence-electron chi connectivity index (χ4n) is 0.618. The Morgan fingerprint density at radius 2 is 2.56 bits per heavy atom. The van der Waals surface area contributed by atoms with Crippen LogP contribution in [0.5, 0.6) is 0 Å². The molecule has 0 aliphatic heterocycles. The first-order chi connectivity index (χ1) is 4.34. The lowest BCUT2D eigenvalue weighted by molar-refractivity contribution is 0.831. The zero-order chi connectivity index (χ0) is 6.69. The molecule has 3 heteroatoms. The van der Waals surface area contributed by atoms with Gasteiger partial charge in [-0.05, 0) is 13.8 Å². The lowest BCUT2D eigenvalue weighted by Crippen LogP contribution is -1.88. The molecule has 1 aromatic heterocycles. The minimum Gasteiger partial charge on any atom is -0.240 e. The molecular formula is C6H9N3. The summed E-state index contributed by atoms with van der Waals surface area (Å²) < 4.78 is 1.72. The molecule has 0 aromatic carbocycles. The topological polar surface area (TPSA) is 30.2 Å². The Bertz CT molecular complexity index is 212. The van der Waals surface area contributed by atoms with Crippen LogP contribution >= 0.6 is 0 Å². The number of hydrogen-bond acceptors (Lipinski definition) is 2. The molecule has 0 aliphatic rings. The van der Waals surface area contributed by atoms with Crippen LogP contribution in [0, 0.1) is 6.92 Å². The molecule has 0 spiro atoms. The Hall–Kier alpha value is -1.12. The van der Waals surface area contributed by atoms with Crippen LogP contribution in [0.3, 0.4) is 0 Å². The van der Waals surface area contributed by atoms with Crippen molar-refractivity contribution >= 4 is 6.21 Å². The van der Waals surface area contributed by atoms with Gasteiger partial charge in [-0.25, -0.2) is 9.66 Å². The predicted octanol–water partition coefficient (Wildman–Crippen LogP) is 1.05. The Morgan fingerprint density at radius 3 is 3.00 bits per heavy atom. The summed E-state index contributed by atoms with van der Waals surface area (Å²) in [6.07, 6.45) is 5.27. The first-order valence-corrected chi connectivity index (χ1v) is 2.83. The Kier molecular flexibility index (Phi) is 1.63. The quantitative estimate of drug-likeness (QED) is 0.513. The van der Waals surface area contributed by atoms with E-state index in [1.165, 1.54) is 0 Å². The van der Waals surface area contributed by atoms with E-state index in [2.05, 4.69) is 10.1 Å². The minimum atomic E-state index is 0.910. The molecule has 0 amide bonds. The van der Waals surface area contributed by atoms with Crippen LogP contribution in [0.25, 0.3) is 0 Å². The number of hydrogen-bond donors (Lipinski definition) is 0. The summed E-state index contributed by atoms with van der Waals surface area (Å²) in [6, 6.07) is 0. The molecule has 0 aliphatic carbocycles. The molecule has 0 unspecified atom stereocenters. The van der Waals surface area contributed by atoms with Crippen LogP contribution in [0.15, 0.2) is 17.5 Å². The molecule has 0 atom stereocenters. The Labute approximate surface area is 54.0 Å². The maximum Gasteiger partial charge on any atom is 0.126 e. The molecule has 0 saturated heterocycles. The van der Waals surface area contributed by atoms with Crippen molar-refractivity contribution in [3.8, 4) is 0 Å². The van der Waals surface area contributed by atoms with Crippen LogP contribution in [0.1, 0.15) is 12.7 Å². The summed E-state index contributed by atoms with van der Waals surface area (Å²) in [5.41, 5.74) is 0. The normalized spacial score (nSPS) is 10.9. The van der Waals surface area contributed by atoms with Crippen LogP contribution < -0.4 is 0 Å². The smallest absolute Gasteiger partial charge is 0.126 e. The highest BCUT2D eigenvalue weighted by atomic mass is 15.4. The van der Waals surface area contributed by atoms with E-state index in [0.29, 0.717) is 0 Å². The summed E-state index contributed by atoms with van der Waals surface area (Å²) in [7, 11) is 0. The average Bonchev–Trinajstić information content (AvgIpc) is 2.18. The van der Waals surface area contributed by atoms with Crippen molar-refractivity contribution in [2.75, 3.05) is 0 Å². The van der Waals surface area contributed by atoms with Crippen LogP contribution in [-0.4, -0.2) is 15.9 Å². The van der Waals surface area contributed by atoms with Gasteiger partial charge in [0.25, 0.3) is 0 Å². The molecule has 1 heterocycles. The largest absolute Gasteiger partial charge is 0.240 e. The Balaban J connectivity index is 2.94. The zero-order valence-electron chi connectivity index (χ0n) is 5.57. The minimum absolute atomic E-state index is 0.910. The molecule has 9 heavy (non-hydrogen) atoms. The van der Waals surface area contributed by atoms with Crippen molar-refractivity contribution in [2.45, 2.75) is 13.8 Å². The number of aromatic nitrogens is 2. The first kappa shape index (κ1) is 6.01. The first-order valence-electron chi connectivity index (χ1n) is 2.83. The molecule has 0 radical (unpaired) electrons. The summed E-state index contributed by atoms with van der Waals surface area (Å²) in [4.78, 5) is 3.98. The van der Waals surface area contributed by atoms with Gasteiger partial charge in [0.1, 0.15) is 5.82 Å². The number of imidazole rings is 1. The molecule has 0 N–H and O–H groups in total. The molecule has 0 saturated carbocycles. The second kappa shape index (κ2) is 2.44. The molecule has 0 fully saturated rings. The van der Waals surface area contributed by atoms with Gasteiger partial charge in [-0.15, -0.1) is 0 Å². The van der Waals surface area contributed by atoms with Gasteiger partial charge in [0, 0.05) is 18.6 Å².